The summed E-state index contributed by atoms with van der Waals surface area (Å²) in [6.07, 6.45) is 9.04. The van der Waals surface area contributed by atoms with E-state index >= 15 is 0 Å². The van der Waals surface area contributed by atoms with E-state index in [1.165, 1.54) is 24.0 Å². The molecule has 0 aromatic carbocycles. The molecule has 6 heteroatoms. The van der Waals surface area contributed by atoms with Gasteiger partial charge in [-0.2, -0.15) is 5.57 Å². The van der Waals surface area contributed by atoms with E-state index in [0.29, 0.717) is 12.8 Å². The second-order valence-corrected chi connectivity index (χ2v) is 4.62. The van der Waals surface area contributed by atoms with Gasteiger partial charge in [-0.25, -0.2) is 17.7 Å². The molecule has 1 atom stereocenters. The summed E-state index contributed by atoms with van der Waals surface area (Å²) in [5.74, 6) is -0.702. The van der Waals surface area contributed by atoms with Crippen molar-refractivity contribution in [2.75, 3.05) is 0 Å². The number of carbonyl (C=O) groups excluding carboxylic acids is 3. The maximum Gasteiger partial charge on any atom is 0.249 e. The second-order valence-electron chi connectivity index (χ2n) is 4.62. The minimum atomic E-state index is -0.537. The van der Waals surface area contributed by atoms with E-state index in [2.05, 4.69) is 36.6 Å². The number of carbonyl (C=O) groups is 3. The smallest absolute Gasteiger partial charge is 0.249 e. The first-order chi connectivity index (χ1) is 10.0. The van der Waals surface area contributed by atoms with Crippen LogP contribution in [-0.2, 0) is 35.4 Å². The predicted molar refractivity (Wildman–Crippen MR) is 82.1 cm³/mol. The van der Waals surface area contributed by atoms with Gasteiger partial charge in [-0.3, -0.25) is 19.7 Å². The maximum atomic E-state index is 10.8. The minimum absolute atomic E-state index is 0. The Balaban J connectivity index is 0. The third kappa shape index (κ3) is 9.67. The summed E-state index contributed by atoms with van der Waals surface area (Å²) < 4.78 is 0. The van der Waals surface area contributed by atoms with E-state index in [4.69, 9.17) is 0 Å². The second kappa shape index (κ2) is 13.4. The zero-order chi connectivity index (χ0) is 16.3. The first-order valence-corrected chi connectivity index (χ1v) is 7.32. The van der Waals surface area contributed by atoms with Crippen molar-refractivity contribution in [1.29, 1.82) is 0 Å². The van der Waals surface area contributed by atoms with E-state index in [1.807, 2.05) is 13.8 Å². The van der Waals surface area contributed by atoms with Crippen molar-refractivity contribution in [3.8, 4) is 0 Å². The number of hydrogen-bond acceptors (Lipinski definition) is 3. The third-order valence-electron chi connectivity index (χ3n) is 2.89. The van der Waals surface area contributed by atoms with Crippen LogP contribution in [0.3, 0.4) is 0 Å². The molecule has 0 radical (unpaired) electrons. The van der Waals surface area contributed by atoms with E-state index in [9.17, 15) is 14.4 Å². The molecule has 22 heavy (non-hydrogen) atoms. The number of amides is 3. The van der Waals surface area contributed by atoms with Crippen LogP contribution in [0.15, 0.2) is 17.2 Å². The Hall–Kier alpha value is -1.22. The summed E-state index contributed by atoms with van der Waals surface area (Å²) in [4.78, 5) is 31.3. The summed E-state index contributed by atoms with van der Waals surface area (Å²) in [5, 5.41) is 4.42. The molecule has 2 aliphatic rings. The Morgan fingerprint density at radius 3 is 2.32 bits per heavy atom. The largest absolute Gasteiger partial charge is 0.347 e. The van der Waals surface area contributed by atoms with Gasteiger partial charge in [0.05, 0.1) is 0 Å². The molecule has 1 fully saturated rings. The predicted octanol–water partition coefficient (Wildman–Crippen LogP) is 2.04. The van der Waals surface area contributed by atoms with E-state index in [-0.39, 0.29) is 33.4 Å². The third-order valence-corrected chi connectivity index (χ3v) is 2.89. The van der Waals surface area contributed by atoms with Gasteiger partial charge < -0.3 is 5.32 Å². The molecular weight excluding hydrogens is 452 g/mol. The SMILES string of the molecule is CC.CC1=[C-]C(C)=CCC1.O=CNC1CCC(=O)NC1=O.[W]. The summed E-state index contributed by atoms with van der Waals surface area (Å²) in [5.41, 5.74) is 2.69. The summed E-state index contributed by atoms with van der Waals surface area (Å²) in [7, 11) is 0. The first kappa shape index (κ1) is 23.1. The van der Waals surface area contributed by atoms with Crippen LogP contribution >= 0.6 is 0 Å². The van der Waals surface area contributed by atoms with E-state index in [1.54, 1.807) is 0 Å². The molecule has 3 amide bonds. The molecule has 0 bridgehead atoms. The zero-order valence-corrected chi connectivity index (χ0v) is 16.6. The van der Waals surface area contributed by atoms with Crippen LogP contribution in [0.4, 0.5) is 0 Å². The molecule has 5 nitrogen and oxygen atoms in total. The monoisotopic (exact) mass is 477 g/mol. The van der Waals surface area contributed by atoms with Gasteiger partial charge in [0.15, 0.2) is 0 Å². The zero-order valence-electron chi connectivity index (χ0n) is 13.7. The van der Waals surface area contributed by atoms with Crippen LogP contribution in [-0.4, -0.2) is 24.3 Å². The fourth-order valence-corrected chi connectivity index (χ4v) is 1.89. The van der Waals surface area contributed by atoms with Gasteiger partial charge in [-0.1, -0.05) is 40.5 Å². The van der Waals surface area contributed by atoms with Gasteiger partial charge in [0.2, 0.25) is 18.2 Å². The average molecular weight is 477 g/mol. The van der Waals surface area contributed by atoms with Crippen LogP contribution in [0.25, 0.3) is 0 Å². The van der Waals surface area contributed by atoms with Crippen LogP contribution in [0.5, 0.6) is 0 Å². The van der Waals surface area contributed by atoms with Crippen molar-refractivity contribution >= 4 is 18.2 Å². The van der Waals surface area contributed by atoms with Crippen LogP contribution in [0, 0.1) is 6.08 Å². The van der Waals surface area contributed by atoms with Crippen molar-refractivity contribution in [2.24, 2.45) is 0 Å². The molecule has 0 aromatic rings. The number of allylic oxidation sites excluding steroid dienone is 4. The summed E-state index contributed by atoms with van der Waals surface area (Å²) >= 11 is 0. The van der Waals surface area contributed by atoms with Crippen LogP contribution in [0.1, 0.15) is 53.4 Å². The van der Waals surface area contributed by atoms with Crippen molar-refractivity contribution in [3.05, 3.63) is 23.3 Å². The van der Waals surface area contributed by atoms with Gasteiger partial charge in [-0.05, 0) is 6.42 Å². The van der Waals surface area contributed by atoms with Crippen LogP contribution in [0.2, 0.25) is 0 Å². The molecule has 2 rings (SSSR count). The molecule has 1 saturated heterocycles. The normalized spacial score (nSPS) is 19.5. The van der Waals surface area contributed by atoms with Crippen molar-refractivity contribution < 1.29 is 35.4 Å². The molecule has 0 saturated carbocycles. The minimum Gasteiger partial charge on any atom is -0.347 e. The Bertz CT molecular complexity index is 431. The van der Waals surface area contributed by atoms with Gasteiger partial charge in [-0.15, -0.1) is 0 Å². The number of rotatable bonds is 2. The van der Waals surface area contributed by atoms with Crippen molar-refractivity contribution in [1.82, 2.24) is 10.6 Å². The quantitative estimate of drug-likeness (QED) is 0.363. The number of hydrogen-bond donors (Lipinski definition) is 2. The van der Waals surface area contributed by atoms with Gasteiger partial charge >= 0.3 is 0 Å². The summed E-state index contributed by atoms with van der Waals surface area (Å²) in [6.45, 7) is 8.24. The molecule has 1 heterocycles. The standard InChI is InChI=1S/C8H11.C6H8N2O3.C2H6.W/c1-7-4-3-5-8(2)6-7;9-3-7-4-1-2-5(10)8-6(4)11;1-2;/h4H,3,5H2,1-2H3;3-4H,1-2H2,(H,7,9)(H,8,10,11);1-2H3;/q-1;;;. The van der Waals surface area contributed by atoms with Gasteiger partial charge in [0.25, 0.3) is 0 Å². The Morgan fingerprint density at radius 1 is 1.27 bits per heavy atom. The molecule has 124 valence electrons. The number of piperidine rings is 1. The molecule has 0 aromatic heterocycles. The fraction of sp³-hybridized carbons (Fsp3) is 0.562. The Labute approximate surface area is 147 Å². The molecule has 0 spiro atoms. The molecular formula is C16H25N2O3W-. The van der Waals surface area contributed by atoms with Crippen molar-refractivity contribution in [2.45, 2.75) is 59.4 Å². The number of imide groups is 1. The van der Waals surface area contributed by atoms with Gasteiger partial charge in [0.1, 0.15) is 6.04 Å². The van der Waals surface area contributed by atoms with E-state index < -0.39 is 11.9 Å². The Kier molecular flexibility index (Phi) is 14.1. The maximum absolute atomic E-state index is 10.8. The molecule has 2 N–H and O–H groups in total. The summed E-state index contributed by atoms with van der Waals surface area (Å²) in [6, 6.07) is -0.537. The first-order valence-electron chi connectivity index (χ1n) is 7.32. The molecule has 1 aliphatic heterocycles. The average Bonchev–Trinajstić information content (AvgIpc) is 2.45. The fourth-order valence-electron chi connectivity index (χ4n) is 1.89. The van der Waals surface area contributed by atoms with Crippen LogP contribution < -0.4 is 10.6 Å². The number of nitrogens with one attached hydrogen (secondary N) is 2. The van der Waals surface area contributed by atoms with Crippen molar-refractivity contribution in [3.63, 3.8) is 0 Å². The van der Waals surface area contributed by atoms with Gasteiger partial charge in [0, 0.05) is 27.5 Å². The molecule has 1 unspecified atom stereocenters. The molecule has 1 aliphatic carbocycles. The van der Waals surface area contributed by atoms with E-state index in [0.717, 1.165) is 0 Å². The topological polar surface area (TPSA) is 75.3 Å². The Morgan fingerprint density at radius 2 is 1.91 bits per heavy atom.